The molecule has 7 rings (SSSR count). The molecule has 0 unspecified atom stereocenters. The number of nitrogens with one attached hydrogen (secondary N) is 1. The fourth-order valence-corrected chi connectivity index (χ4v) is 10.2. The summed E-state index contributed by atoms with van der Waals surface area (Å²) in [6.45, 7) is 10.6. The molecule has 1 N–H and O–H groups in total. The van der Waals surface area contributed by atoms with E-state index in [0.29, 0.717) is 18.7 Å². The minimum absolute atomic E-state index is 0.0627. The Morgan fingerprint density at radius 2 is 1.61 bits per heavy atom. The normalized spacial score (nSPS) is 19.6. The van der Waals surface area contributed by atoms with Gasteiger partial charge < -0.3 is 10.2 Å². The standard InChI is InChI=1S/C38H42N4O3Si/c1-46(2)33-25-29(40-20-7-21-40)13-15-31(33)37(32-16-14-30(26-34(32)46)41-22-8-23-41)27-9-11-28(12-10-27)38(45)39-19-5-3-4-6-24-42-35(43)17-18-36(42)44/h9-18,25-26H,3-8,19-24H2,1-2H3/q-1/p+1. The van der Waals surface area contributed by atoms with Gasteiger partial charge in [-0.1, -0.05) is 51.3 Å². The van der Waals surface area contributed by atoms with Crippen molar-refractivity contribution < 1.29 is 19.0 Å². The molecule has 0 aromatic heterocycles. The van der Waals surface area contributed by atoms with Crippen LogP contribution in [0.15, 0.2) is 83.6 Å². The molecule has 5 aliphatic rings. The summed E-state index contributed by atoms with van der Waals surface area (Å²) < 4.78 is 2.49. The van der Waals surface area contributed by atoms with Crippen LogP contribution in [0.1, 0.15) is 60.0 Å². The first-order chi connectivity index (χ1) is 22.3. The summed E-state index contributed by atoms with van der Waals surface area (Å²) in [5.74, 6) is -0.513. The van der Waals surface area contributed by atoms with Crippen LogP contribution in [-0.2, 0) is 9.59 Å². The second-order valence-electron chi connectivity index (χ2n) is 13.5. The number of fused-ring (bicyclic) bond motifs is 2. The molecule has 8 heteroatoms. The number of anilines is 1. The highest BCUT2D eigenvalue weighted by atomic mass is 28.3. The van der Waals surface area contributed by atoms with Crippen molar-refractivity contribution in [1.29, 1.82) is 0 Å². The topological polar surface area (TPSA) is 72.7 Å². The predicted octanol–water partition coefficient (Wildman–Crippen LogP) is 4.74. The van der Waals surface area contributed by atoms with Gasteiger partial charge in [-0.25, -0.2) is 4.58 Å². The van der Waals surface area contributed by atoms with Crippen LogP contribution in [0.4, 0.5) is 5.69 Å². The maximum atomic E-state index is 13.0. The highest BCUT2D eigenvalue weighted by Gasteiger charge is 2.33. The molecule has 2 aromatic carbocycles. The van der Waals surface area contributed by atoms with Crippen LogP contribution < -0.4 is 15.4 Å². The van der Waals surface area contributed by atoms with E-state index in [-0.39, 0.29) is 17.7 Å². The number of nitrogens with zero attached hydrogens (tertiary/aromatic N) is 3. The second-order valence-corrected chi connectivity index (χ2v) is 17.9. The van der Waals surface area contributed by atoms with E-state index in [1.54, 1.807) is 0 Å². The number of hydrogen-bond donors (Lipinski definition) is 1. The van der Waals surface area contributed by atoms with Gasteiger partial charge in [0.2, 0.25) is 0 Å². The lowest BCUT2D eigenvalue weighted by Crippen LogP contribution is -2.50. The molecule has 1 aliphatic carbocycles. The maximum absolute atomic E-state index is 13.0. The number of carbonyl (C=O) groups excluding carboxylic acids is 3. The summed E-state index contributed by atoms with van der Waals surface area (Å²) in [6.07, 6.45) is 15.8. The Morgan fingerprint density at radius 3 is 2.28 bits per heavy atom. The van der Waals surface area contributed by atoms with Crippen molar-refractivity contribution in [1.82, 2.24) is 10.2 Å². The van der Waals surface area contributed by atoms with Gasteiger partial charge in [0.05, 0.1) is 6.42 Å². The van der Waals surface area contributed by atoms with Gasteiger partial charge >= 0.3 is 0 Å². The van der Waals surface area contributed by atoms with Crippen LogP contribution in [0.3, 0.4) is 0 Å². The van der Waals surface area contributed by atoms with Crippen molar-refractivity contribution in [3.05, 3.63) is 100 Å². The lowest BCUT2D eigenvalue weighted by atomic mass is 9.89. The summed E-state index contributed by atoms with van der Waals surface area (Å²) in [4.78, 5) is 40.1. The van der Waals surface area contributed by atoms with Crippen LogP contribution in [0.2, 0.25) is 13.1 Å². The molecule has 46 heavy (non-hydrogen) atoms. The van der Waals surface area contributed by atoms with Crippen molar-refractivity contribution >= 4 is 48.0 Å². The number of rotatable bonds is 10. The molecule has 2 aromatic rings. The fourth-order valence-electron chi connectivity index (χ4n) is 7.17. The largest absolute Gasteiger partial charge is 0.371 e. The first kappa shape index (κ1) is 30.4. The van der Waals surface area contributed by atoms with Crippen LogP contribution in [0.25, 0.3) is 5.57 Å². The average molecular weight is 632 g/mol. The van der Waals surface area contributed by atoms with E-state index >= 15 is 0 Å². The third-order valence-corrected chi connectivity index (χ3v) is 13.8. The van der Waals surface area contributed by atoms with E-state index in [1.165, 1.54) is 68.4 Å². The van der Waals surface area contributed by atoms with Gasteiger partial charge in [-0.05, 0) is 65.8 Å². The Hall–Kier alpha value is -4.30. The van der Waals surface area contributed by atoms with E-state index in [0.717, 1.165) is 57.4 Å². The minimum atomic E-state index is -1.98. The molecule has 3 amide bonds. The molecule has 0 spiro atoms. The van der Waals surface area contributed by atoms with E-state index in [2.05, 4.69) is 76.4 Å². The predicted molar refractivity (Wildman–Crippen MR) is 186 cm³/mol. The second kappa shape index (κ2) is 12.5. The summed E-state index contributed by atoms with van der Waals surface area (Å²) in [6, 6.07) is 15.2. The molecule has 0 bridgehead atoms. The van der Waals surface area contributed by atoms with Crippen molar-refractivity contribution in [3.63, 3.8) is 0 Å². The summed E-state index contributed by atoms with van der Waals surface area (Å²) in [7, 11) is -1.98. The van der Waals surface area contributed by atoms with Gasteiger partial charge in [0.25, 0.3) is 17.7 Å². The highest BCUT2D eigenvalue weighted by molar-refractivity contribution is 6.98. The zero-order valence-corrected chi connectivity index (χ0v) is 28.0. The van der Waals surface area contributed by atoms with Crippen LogP contribution >= 0.6 is 0 Å². The lowest BCUT2D eigenvalue weighted by Gasteiger charge is -2.48. The summed E-state index contributed by atoms with van der Waals surface area (Å²) >= 11 is 0. The molecule has 237 valence electrons. The van der Waals surface area contributed by atoms with Crippen LogP contribution in [0.5, 0.6) is 0 Å². The zero-order valence-electron chi connectivity index (χ0n) is 27.0. The fraction of sp³-hybridized carbons (Fsp3) is 0.368. The molecular formula is C38H43N4O3Si. The lowest BCUT2D eigenvalue weighted by molar-refractivity contribution is -0.582. The van der Waals surface area contributed by atoms with Gasteiger partial charge in [0, 0.05) is 55.7 Å². The van der Waals surface area contributed by atoms with Crippen molar-refractivity contribution in [2.45, 2.75) is 51.6 Å². The molecule has 0 saturated carbocycles. The number of benzene rings is 2. The first-order valence-corrected chi connectivity index (χ1v) is 19.9. The smallest absolute Gasteiger partial charge is 0.253 e. The Labute approximate surface area is 272 Å². The number of hydrogen-bond acceptors (Lipinski definition) is 4. The van der Waals surface area contributed by atoms with Gasteiger partial charge in [0.1, 0.15) is 13.1 Å². The van der Waals surface area contributed by atoms with Crippen molar-refractivity contribution in [2.75, 3.05) is 44.2 Å². The quantitative estimate of drug-likeness (QED) is 0.178. The van der Waals surface area contributed by atoms with Crippen LogP contribution in [0, 0.1) is 0 Å². The Kier molecular flexibility index (Phi) is 8.23. The Bertz CT molecular complexity index is 1730. The van der Waals surface area contributed by atoms with Gasteiger partial charge in [-0.3, -0.25) is 19.3 Å². The van der Waals surface area contributed by atoms with E-state index in [4.69, 9.17) is 0 Å². The number of amides is 3. The molecule has 4 heterocycles. The number of allylic oxidation sites excluding steroid dienone is 5. The number of unbranched alkanes of at least 4 members (excludes halogenated alkanes) is 3. The minimum Gasteiger partial charge on any atom is -0.371 e. The molecule has 2 saturated heterocycles. The molecular weight excluding hydrogens is 589 g/mol. The monoisotopic (exact) mass is 631 g/mol. The van der Waals surface area contributed by atoms with Crippen molar-refractivity contribution in [3.8, 4) is 0 Å². The summed E-state index contributed by atoms with van der Waals surface area (Å²) in [5, 5.41) is 6.06. The zero-order chi connectivity index (χ0) is 31.8. The van der Waals surface area contributed by atoms with Gasteiger partial charge in [-0.15, -0.1) is 0 Å². The third-order valence-electron chi connectivity index (χ3n) is 10.3. The first-order valence-electron chi connectivity index (χ1n) is 16.9. The van der Waals surface area contributed by atoms with E-state index < -0.39 is 8.07 Å². The number of imide groups is 1. The third kappa shape index (κ3) is 5.64. The highest BCUT2D eigenvalue weighted by Crippen LogP contribution is 2.42. The Morgan fingerprint density at radius 1 is 0.870 bits per heavy atom. The van der Waals surface area contributed by atoms with Gasteiger partial charge in [0.15, 0.2) is 5.71 Å². The van der Waals surface area contributed by atoms with Crippen molar-refractivity contribution in [2.24, 2.45) is 0 Å². The molecule has 2 fully saturated rings. The SMILES string of the molecule is C[Si-]1(C)C2=CC(=[N+]3CCC3)C=CC2=C(c2ccc(C(=O)NCCCCCCN3C(=O)C=CC3=O)cc2)c2ccc(N3CCC3)cc21. The average Bonchev–Trinajstić information content (AvgIpc) is 3.32. The van der Waals surface area contributed by atoms with E-state index in [9.17, 15) is 14.4 Å². The molecule has 4 aliphatic heterocycles. The molecule has 0 atom stereocenters. The van der Waals surface area contributed by atoms with Gasteiger partial charge in [-0.2, -0.15) is 23.5 Å². The molecule has 0 radical (unpaired) electrons. The molecule has 7 nitrogen and oxygen atoms in total. The van der Waals surface area contributed by atoms with Crippen LogP contribution in [-0.4, -0.2) is 80.3 Å². The Balaban J connectivity index is 1.06. The maximum Gasteiger partial charge on any atom is 0.253 e. The summed E-state index contributed by atoms with van der Waals surface area (Å²) in [5.41, 5.74) is 8.41. The van der Waals surface area contributed by atoms with E-state index in [1.807, 2.05) is 12.1 Å². The number of carbonyl (C=O) groups is 3.